The van der Waals surface area contributed by atoms with Crippen LogP contribution in [-0.2, 0) is 4.74 Å². The number of aromatic hydroxyl groups is 7. The van der Waals surface area contributed by atoms with Gasteiger partial charge in [-0.2, -0.15) is 0 Å². The van der Waals surface area contributed by atoms with E-state index in [0.29, 0.717) is 5.56 Å². The SMILES string of the molecule is Oc1ccc(C2Oc3c(ccc(O)c3O)C(OC3c4ccc(O)c(O)c4OC(c4ccc(O)c(O)c4)C3O)C2O)cc1. The summed E-state index contributed by atoms with van der Waals surface area (Å²) in [5.41, 5.74) is 0.837. The predicted molar refractivity (Wildman–Crippen MR) is 143 cm³/mol. The Kier molecular flexibility index (Phi) is 6.53. The summed E-state index contributed by atoms with van der Waals surface area (Å²) in [6.07, 6.45) is -8.12. The van der Waals surface area contributed by atoms with E-state index in [4.69, 9.17) is 14.2 Å². The maximum absolute atomic E-state index is 11.6. The smallest absolute Gasteiger partial charge is 0.200 e. The summed E-state index contributed by atoms with van der Waals surface area (Å²) in [5.74, 6) is -3.60. The summed E-state index contributed by atoms with van der Waals surface area (Å²) >= 11 is 0. The predicted octanol–water partition coefficient (Wildman–Crippen LogP) is 3.41. The second kappa shape index (κ2) is 10.1. The third kappa shape index (κ3) is 4.38. The number of benzene rings is 4. The zero-order valence-corrected chi connectivity index (χ0v) is 21.6. The van der Waals surface area contributed by atoms with Gasteiger partial charge in [-0.25, -0.2) is 0 Å². The third-order valence-electron chi connectivity index (χ3n) is 7.47. The Morgan fingerprint density at radius 3 is 1.45 bits per heavy atom. The molecule has 0 aromatic heterocycles. The van der Waals surface area contributed by atoms with Crippen LogP contribution in [0.1, 0.15) is 46.7 Å². The summed E-state index contributed by atoms with van der Waals surface area (Å²) in [5, 5.41) is 94.3. The first-order valence-corrected chi connectivity index (χ1v) is 12.8. The lowest BCUT2D eigenvalue weighted by molar-refractivity contribution is -0.175. The molecule has 0 radical (unpaired) electrons. The van der Waals surface area contributed by atoms with Crippen LogP contribution in [0.4, 0.5) is 0 Å². The molecule has 6 atom stereocenters. The molecule has 4 aromatic carbocycles. The van der Waals surface area contributed by atoms with Crippen LogP contribution < -0.4 is 9.47 Å². The number of fused-ring (bicyclic) bond motifs is 2. The minimum atomic E-state index is -1.54. The Morgan fingerprint density at radius 1 is 0.500 bits per heavy atom. The van der Waals surface area contributed by atoms with Crippen LogP contribution in [-0.4, -0.2) is 58.2 Å². The van der Waals surface area contributed by atoms with Gasteiger partial charge in [-0.3, -0.25) is 0 Å². The zero-order chi connectivity index (χ0) is 29.9. The Balaban J connectivity index is 1.46. The molecule has 0 saturated heterocycles. The van der Waals surface area contributed by atoms with E-state index >= 15 is 0 Å². The monoisotopic (exact) mass is 578 g/mol. The highest BCUT2D eigenvalue weighted by molar-refractivity contribution is 5.58. The minimum Gasteiger partial charge on any atom is -0.508 e. The van der Waals surface area contributed by atoms with Gasteiger partial charge in [0.25, 0.3) is 0 Å². The van der Waals surface area contributed by atoms with E-state index in [1.807, 2.05) is 0 Å². The molecule has 2 aliphatic heterocycles. The molecule has 12 heteroatoms. The van der Waals surface area contributed by atoms with Crippen LogP contribution in [0.25, 0.3) is 0 Å². The molecular weight excluding hydrogens is 552 g/mol. The fraction of sp³-hybridized carbons (Fsp3) is 0.200. The second-order valence-electron chi connectivity index (χ2n) is 10.1. The van der Waals surface area contributed by atoms with Crippen LogP contribution in [0.2, 0.25) is 0 Å². The zero-order valence-electron chi connectivity index (χ0n) is 21.6. The molecule has 218 valence electrons. The molecule has 0 saturated carbocycles. The number of phenolic OH excluding ortho intramolecular Hbond substituents is 7. The van der Waals surface area contributed by atoms with Gasteiger partial charge in [0.05, 0.1) is 0 Å². The van der Waals surface area contributed by atoms with Gasteiger partial charge in [0.2, 0.25) is 11.5 Å². The Hall–Kier alpha value is -5.04. The van der Waals surface area contributed by atoms with E-state index < -0.39 is 71.1 Å². The highest BCUT2D eigenvalue weighted by Crippen LogP contribution is 2.55. The van der Waals surface area contributed by atoms with Crippen molar-refractivity contribution in [3.8, 4) is 51.7 Å². The first kappa shape index (κ1) is 27.1. The van der Waals surface area contributed by atoms with Crippen LogP contribution >= 0.6 is 0 Å². The maximum atomic E-state index is 11.6. The second-order valence-corrected chi connectivity index (χ2v) is 10.1. The number of aliphatic hydroxyl groups excluding tert-OH is 2. The van der Waals surface area contributed by atoms with Gasteiger partial charge in [-0.05, 0) is 59.7 Å². The van der Waals surface area contributed by atoms with E-state index in [2.05, 4.69) is 0 Å². The molecule has 42 heavy (non-hydrogen) atoms. The molecule has 4 aromatic rings. The average molecular weight is 579 g/mol. The highest BCUT2D eigenvalue weighted by atomic mass is 16.6. The van der Waals surface area contributed by atoms with Crippen molar-refractivity contribution in [1.82, 2.24) is 0 Å². The van der Waals surface area contributed by atoms with Crippen molar-refractivity contribution >= 4 is 0 Å². The fourth-order valence-electron chi connectivity index (χ4n) is 5.30. The molecule has 0 fully saturated rings. The van der Waals surface area contributed by atoms with Crippen LogP contribution in [0.3, 0.4) is 0 Å². The van der Waals surface area contributed by atoms with Crippen molar-refractivity contribution in [1.29, 1.82) is 0 Å². The quantitative estimate of drug-likeness (QED) is 0.160. The van der Waals surface area contributed by atoms with E-state index in [1.54, 1.807) is 0 Å². The van der Waals surface area contributed by atoms with E-state index in [1.165, 1.54) is 60.7 Å². The molecule has 6 rings (SSSR count). The molecule has 6 unspecified atom stereocenters. The van der Waals surface area contributed by atoms with Crippen LogP contribution in [0.15, 0.2) is 66.7 Å². The van der Waals surface area contributed by atoms with Crippen molar-refractivity contribution in [3.63, 3.8) is 0 Å². The maximum Gasteiger partial charge on any atom is 0.200 e. The lowest BCUT2D eigenvalue weighted by Crippen LogP contribution is -2.41. The van der Waals surface area contributed by atoms with E-state index in [-0.39, 0.29) is 33.9 Å². The number of rotatable bonds is 4. The van der Waals surface area contributed by atoms with Crippen molar-refractivity contribution in [2.75, 3.05) is 0 Å². The highest BCUT2D eigenvalue weighted by Gasteiger charge is 2.47. The molecule has 2 aliphatic rings. The number of hydrogen-bond donors (Lipinski definition) is 9. The van der Waals surface area contributed by atoms with Gasteiger partial charge in [0.1, 0.15) is 30.2 Å². The third-order valence-corrected chi connectivity index (χ3v) is 7.47. The van der Waals surface area contributed by atoms with Gasteiger partial charge in [0, 0.05) is 11.1 Å². The van der Waals surface area contributed by atoms with Crippen molar-refractivity contribution < 1.29 is 60.2 Å². The van der Waals surface area contributed by atoms with Crippen LogP contribution in [0, 0.1) is 0 Å². The van der Waals surface area contributed by atoms with Gasteiger partial charge in [-0.1, -0.05) is 18.2 Å². The summed E-state index contributed by atoms with van der Waals surface area (Å²) in [4.78, 5) is 0. The first-order valence-electron chi connectivity index (χ1n) is 12.8. The van der Waals surface area contributed by atoms with Gasteiger partial charge in [0.15, 0.2) is 46.7 Å². The summed E-state index contributed by atoms with van der Waals surface area (Å²) < 4.78 is 18.2. The normalized spacial score (nSPS) is 24.6. The van der Waals surface area contributed by atoms with Crippen LogP contribution in [0.5, 0.6) is 51.7 Å². The Morgan fingerprint density at radius 2 is 0.952 bits per heavy atom. The lowest BCUT2D eigenvalue weighted by Gasteiger charge is -2.42. The van der Waals surface area contributed by atoms with E-state index in [9.17, 15) is 46.0 Å². The topological polar surface area (TPSA) is 210 Å². The molecule has 0 spiro atoms. The molecule has 2 heterocycles. The molecule has 0 amide bonds. The van der Waals surface area contributed by atoms with Gasteiger partial charge >= 0.3 is 0 Å². The summed E-state index contributed by atoms with van der Waals surface area (Å²) in [7, 11) is 0. The van der Waals surface area contributed by atoms with Gasteiger partial charge < -0.3 is 60.2 Å². The minimum absolute atomic E-state index is 0.0333. The molecule has 0 aliphatic carbocycles. The summed E-state index contributed by atoms with van der Waals surface area (Å²) in [6, 6.07) is 14.6. The van der Waals surface area contributed by atoms with Gasteiger partial charge in [-0.15, -0.1) is 0 Å². The number of ether oxygens (including phenoxy) is 3. The average Bonchev–Trinajstić information content (AvgIpc) is 2.97. The van der Waals surface area contributed by atoms with Crippen molar-refractivity contribution in [2.45, 2.75) is 36.6 Å². The summed E-state index contributed by atoms with van der Waals surface area (Å²) in [6.45, 7) is 0. The van der Waals surface area contributed by atoms with Crippen molar-refractivity contribution in [2.24, 2.45) is 0 Å². The Bertz CT molecular complexity index is 1650. The molecule has 12 nitrogen and oxygen atoms in total. The standard InChI is InChI=1S/C30H26O12/c31-14-4-1-12(2-5-14)25-23(38)29(15-6-9-18(33)21(36)27(15)40-25)42-30-16-7-10-19(34)22(37)28(16)41-26(24(30)39)13-3-8-17(32)20(35)11-13/h1-11,23-26,29-39H. The number of hydrogen-bond acceptors (Lipinski definition) is 12. The van der Waals surface area contributed by atoms with E-state index in [0.717, 1.165) is 6.07 Å². The fourth-order valence-corrected chi connectivity index (χ4v) is 5.30. The Labute approximate surface area is 237 Å². The number of phenols is 7. The van der Waals surface area contributed by atoms with Crippen molar-refractivity contribution in [3.05, 3.63) is 89.0 Å². The molecular formula is C30H26O12. The number of aliphatic hydroxyl groups is 2. The lowest BCUT2D eigenvalue weighted by atomic mass is 9.89. The molecule has 0 bridgehead atoms. The first-order chi connectivity index (χ1) is 20.0. The molecule has 9 N–H and O–H groups in total. The largest absolute Gasteiger partial charge is 0.508 e.